The van der Waals surface area contributed by atoms with Crippen LogP contribution in [0.3, 0.4) is 0 Å². The number of hydrogen-bond acceptors (Lipinski definition) is 4. The van der Waals surface area contributed by atoms with Gasteiger partial charge >= 0.3 is 0 Å². The first-order valence-corrected chi connectivity index (χ1v) is 7.83. The van der Waals surface area contributed by atoms with Crippen molar-refractivity contribution in [3.63, 3.8) is 0 Å². The Bertz CT molecular complexity index is 925. The van der Waals surface area contributed by atoms with E-state index in [9.17, 15) is 8.78 Å². The molecule has 0 atom stereocenters. The maximum Gasteiger partial charge on any atom is 0.229 e. The van der Waals surface area contributed by atoms with Crippen molar-refractivity contribution in [2.75, 3.05) is 10.6 Å². The van der Waals surface area contributed by atoms with Crippen molar-refractivity contribution in [3.05, 3.63) is 70.9 Å². The fourth-order valence-corrected chi connectivity index (χ4v) is 2.42. The minimum absolute atomic E-state index is 0.150. The van der Waals surface area contributed by atoms with Gasteiger partial charge in [-0.15, -0.1) is 0 Å². The van der Waals surface area contributed by atoms with Gasteiger partial charge in [-0.3, -0.25) is 0 Å². The Kier molecular flexibility index (Phi) is 4.61. The Morgan fingerprint density at radius 2 is 1.64 bits per heavy atom. The maximum atomic E-state index is 13.8. The van der Waals surface area contributed by atoms with Crippen molar-refractivity contribution in [1.82, 2.24) is 9.97 Å². The molecule has 0 saturated heterocycles. The van der Waals surface area contributed by atoms with Crippen LogP contribution >= 0.6 is 0 Å². The summed E-state index contributed by atoms with van der Waals surface area (Å²) < 4.78 is 26.8. The number of rotatable bonds is 4. The monoisotopic (exact) mass is 340 g/mol. The normalized spacial score (nSPS) is 10.6. The first-order valence-electron chi connectivity index (χ1n) is 7.83. The molecule has 1 aromatic heterocycles. The molecule has 0 radical (unpaired) electrons. The number of aromatic nitrogens is 2. The van der Waals surface area contributed by atoms with Gasteiger partial charge in [0, 0.05) is 23.5 Å². The summed E-state index contributed by atoms with van der Waals surface area (Å²) in [5, 5.41) is 6.05. The lowest BCUT2D eigenvalue weighted by Crippen LogP contribution is -2.04. The summed E-state index contributed by atoms with van der Waals surface area (Å²) in [5.41, 5.74) is 4.03. The van der Waals surface area contributed by atoms with E-state index in [1.54, 1.807) is 6.07 Å². The Morgan fingerprint density at radius 1 is 0.840 bits per heavy atom. The van der Waals surface area contributed by atoms with E-state index in [-0.39, 0.29) is 5.69 Å². The number of hydrogen-bond donors (Lipinski definition) is 2. The smallest absolute Gasteiger partial charge is 0.229 e. The van der Waals surface area contributed by atoms with E-state index in [1.807, 2.05) is 39.0 Å². The average Bonchev–Trinajstić information content (AvgIpc) is 2.54. The molecule has 0 aliphatic rings. The van der Waals surface area contributed by atoms with Gasteiger partial charge in [-0.1, -0.05) is 12.1 Å². The lowest BCUT2D eigenvalue weighted by molar-refractivity contribution is 0.586. The second-order valence-corrected chi connectivity index (χ2v) is 5.84. The van der Waals surface area contributed by atoms with E-state index in [0.29, 0.717) is 17.5 Å². The van der Waals surface area contributed by atoms with E-state index < -0.39 is 11.6 Å². The SMILES string of the molecule is Cc1cc(Nc2ccc(F)cc2F)nc(Nc2cccc(C)c2C)n1. The summed E-state index contributed by atoms with van der Waals surface area (Å²) in [6.45, 7) is 5.87. The Labute approximate surface area is 145 Å². The van der Waals surface area contributed by atoms with E-state index >= 15 is 0 Å². The van der Waals surface area contributed by atoms with Crippen LogP contribution in [0.2, 0.25) is 0 Å². The first kappa shape index (κ1) is 16.8. The number of nitrogens with one attached hydrogen (secondary N) is 2. The zero-order chi connectivity index (χ0) is 18.0. The van der Waals surface area contributed by atoms with E-state index in [2.05, 4.69) is 20.6 Å². The lowest BCUT2D eigenvalue weighted by atomic mass is 10.1. The van der Waals surface area contributed by atoms with Crippen LogP contribution in [0.15, 0.2) is 42.5 Å². The Hall–Kier alpha value is -3.02. The molecular formula is C19H18F2N4. The predicted octanol–water partition coefficient (Wildman–Crippen LogP) is 5.17. The summed E-state index contributed by atoms with van der Waals surface area (Å²) in [6, 6.07) is 11.0. The third-order valence-corrected chi connectivity index (χ3v) is 3.90. The molecule has 0 aliphatic heterocycles. The fraction of sp³-hybridized carbons (Fsp3) is 0.158. The molecule has 2 aromatic carbocycles. The molecule has 0 fully saturated rings. The second-order valence-electron chi connectivity index (χ2n) is 5.84. The molecule has 1 heterocycles. The highest BCUT2D eigenvalue weighted by Gasteiger charge is 2.08. The summed E-state index contributed by atoms with van der Waals surface area (Å²) in [7, 11) is 0. The molecule has 4 nitrogen and oxygen atoms in total. The molecule has 0 spiro atoms. The fourth-order valence-electron chi connectivity index (χ4n) is 2.42. The van der Waals surface area contributed by atoms with Crippen LogP contribution in [0.5, 0.6) is 0 Å². The molecule has 0 unspecified atom stereocenters. The van der Waals surface area contributed by atoms with Crippen molar-refractivity contribution in [2.24, 2.45) is 0 Å². The van der Waals surface area contributed by atoms with Crippen LogP contribution < -0.4 is 10.6 Å². The third-order valence-electron chi connectivity index (χ3n) is 3.90. The predicted molar refractivity (Wildman–Crippen MR) is 95.6 cm³/mol. The zero-order valence-electron chi connectivity index (χ0n) is 14.2. The van der Waals surface area contributed by atoms with Gasteiger partial charge in [0.2, 0.25) is 5.95 Å². The highest BCUT2D eigenvalue weighted by atomic mass is 19.1. The summed E-state index contributed by atoms with van der Waals surface area (Å²) >= 11 is 0. The summed E-state index contributed by atoms with van der Waals surface area (Å²) in [6.07, 6.45) is 0. The molecule has 0 bridgehead atoms. The van der Waals surface area contributed by atoms with Gasteiger partial charge in [0.1, 0.15) is 17.5 Å². The topological polar surface area (TPSA) is 49.8 Å². The summed E-state index contributed by atoms with van der Waals surface area (Å²) in [4.78, 5) is 8.73. The maximum absolute atomic E-state index is 13.8. The molecule has 128 valence electrons. The number of anilines is 4. The van der Waals surface area contributed by atoms with Crippen molar-refractivity contribution < 1.29 is 8.78 Å². The molecule has 3 rings (SSSR count). The van der Waals surface area contributed by atoms with E-state index in [1.165, 1.54) is 12.1 Å². The summed E-state index contributed by atoms with van der Waals surface area (Å²) in [5.74, 6) is -0.482. The van der Waals surface area contributed by atoms with Gasteiger partial charge in [-0.2, -0.15) is 4.98 Å². The molecule has 3 aromatic rings. The Morgan fingerprint density at radius 3 is 2.40 bits per heavy atom. The second kappa shape index (κ2) is 6.84. The Balaban J connectivity index is 1.89. The van der Waals surface area contributed by atoms with Gasteiger partial charge in [-0.25, -0.2) is 13.8 Å². The largest absolute Gasteiger partial charge is 0.338 e. The number of halogens is 2. The average molecular weight is 340 g/mol. The van der Waals surface area contributed by atoms with Crippen LogP contribution in [0.4, 0.5) is 31.9 Å². The molecule has 0 aliphatic carbocycles. The van der Waals surface area contributed by atoms with E-state index in [4.69, 9.17) is 0 Å². The number of nitrogens with zero attached hydrogens (tertiary/aromatic N) is 2. The van der Waals surface area contributed by atoms with Crippen LogP contribution in [-0.2, 0) is 0 Å². The minimum atomic E-state index is -0.680. The van der Waals surface area contributed by atoms with Crippen LogP contribution in [0.1, 0.15) is 16.8 Å². The highest BCUT2D eigenvalue weighted by molar-refractivity contribution is 5.63. The van der Waals surface area contributed by atoms with Gasteiger partial charge in [0.05, 0.1) is 5.69 Å². The highest BCUT2D eigenvalue weighted by Crippen LogP contribution is 2.24. The molecular weight excluding hydrogens is 322 g/mol. The van der Waals surface area contributed by atoms with Crippen molar-refractivity contribution in [3.8, 4) is 0 Å². The molecule has 25 heavy (non-hydrogen) atoms. The first-order chi connectivity index (χ1) is 11.9. The van der Waals surface area contributed by atoms with Gasteiger partial charge in [0.25, 0.3) is 0 Å². The van der Waals surface area contributed by atoms with Gasteiger partial charge in [0.15, 0.2) is 0 Å². The van der Waals surface area contributed by atoms with Crippen LogP contribution in [0, 0.1) is 32.4 Å². The molecule has 0 saturated carbocycles. The standard InChI is InChI=1S/C19H18F2N4/c1-11-5-4-6-16(13(11)3)24-19-22-12(2)9-18(25-19)23-17-8-7-14(20)10-15(17)21/h4-10H,1-3H3,(H2,22,23,24,25). The minimum Gasteiger partial charge on any atom is -0.338 e. The van der Waals surface area contributed by atoms with Gasteiger partial charge < -0.3 is 10.6 Å². The zero-order valence-corrected chi connectivity index (χ0v) is 14.2. The molecule has 6 heteroatoms. The number of benzene rings is 2. The lowest BCUT2D eigenvalue weighted by Gasteiger charge is -2.13. The van der Waals surface area contributed by atoms with Crippen molar-refractivity contribution in [2.45, 2.75) is 20.8 Å². The van der Waals surface area contributed by atoms with Crippen LogP contribution in [0.25, 0.3) is 0 Å². The third kappa shape index (κ3) is 3.91. The van der Waals surface area contributed by atoms with Crippen molar-refractivity contribution >= 4 is 23.1 Å². The van der Waals surface area contributed by atoms with Crippen molar-refractivity contribution in [1.29, 1.82) is 0 Å². The molecule has 0 amide bonds. The quantitative estimate of drug-likeness (QED) is 0.688. The van der Waals surface area contributed by atoms with Gasteiger partial charge in [-0.05, 0) is 50.1 Å². The number of aryl methyl sites for hydroxylation is 2. The van der Waals surface area contributed by atoms with E-state index in [0.717, 1.165) is 22.9 Å². The van der Waals surface area contributed by atoms with Crippen LogP contribution in [-0.4, -0.2) is 9.97 Å². The molecule has 2 N–H and O–H groups in total.